The maximum atomic E-state index is 6.22. The Morgan fingerprint density at radius 1 is 0.964 bits per heavy atom. The fraction of sp³-hybridized carbons (Fsp3) is 0.250. The van der Waals surface area contributed by atoms with Crippen molar-refractivity contribution in [3.8, 4) is 11.5 Å². The number of nitrogens with zero attached hydrogens (tertiary/aromatic N) is 3. The van der Waals surface area contributed by atoms with Crippen LogP contribution in [0, 0.1) is 6.92 Å². The third kappa shape index (κ3) is 4.59. The van der Waals surface area contributed by atoms with E-state index < -0.39 is 0 Å². The SMILES string of the molecule is COc1ccc(CCNc2ncnc(Nc3cc(C)ccn3)c2N)cc1OC. The summed E-state index contributed by atoms with van der Waals surface area (Å²) in [6.07, 6.45) is 3.97. The quantitative estimate of drug-likeness (QED) is 0.547. The minimum absolute atomic E-state index is 0.443. The predicted octanol–water partition coefficient (Wildman–Crippen LogP) is 3.18. The molecule has 0 radical (unpaired) electrons. The van der Waals surface area contributed by atoms with Crippen LogP contribution in [0.15, 0.2) is 42.9 Å². The monoisotopic (exact) mass is 380 g/mol. The van der Waals surface area contributed by atoms with Gasteiger partial charge in [-0.05, 0) is 48.7 Å². The number of aryl methyl sites for hydroxylation is 1. The normalized spacial score (nSPS) is 10.4. The lowest BCUT2D eigenvalue weighted by atomic mass is 10.1. The number of pyridine rings is 1. The second-order valence-electron chi connectivity index (χ2n) is 6.19. The van der Waals surface area contributed by atoms with Crippen molar-refractivity contribution < 1.29 is 9.47 Å². The van der Waals surface area contributed by atoms with Gasteiger partial charge in [0.25, 0.3) is 0 Å². The summed E-state index contributed by atoms with van der Waals surface area (Å²) in [5, 5.41) is 6.39. The fourth-order valence-electron chi connectivity index (χ4n) is 2.72. The van der Waals surface area contributed by atoms with Crippen LogP contribution in [-0.2, 0) is 6.42 Å². The Morgan fingerprint density at radius 2 is 1.75 bits per heavy atom. The molecule has 8 heteroatoms. The van der Waals surface area contributed by atoms with Gasteiger partial charge in [-0.25, -0.2) is 15.0 Å². The molecular formula is C20H24N6O2. The largest absolute Gasteiger partial charge is 0.493 e. The van der Waals surface area contributed by atoms with Gasteiger partial charge in [-0.1, -0.05) is 6.07 Å². The zero-order valence-electron chi connectivity index (χ0n) is 16.2. The number of nitrogens with two attached hydrogens (primary N) is 1. The summed E-state index contributed by atoms with van der Waals surface area (Å²) < 4.78 is 10.6. The molecule has 146 valence electrons. The van der Waals surface area contributed by atoms with Crippen molar-refractivity contribution in [1.29, 1.82) is 0 Å². The van der Waals surface area contributed by atoms with Crippen LogP contribution < -0.4 is 25.8 Å². The van der Waals surface area contributed by atoms with Gasteiger partial charge in [-0.2, -0.15) is 0 Å². The molecule has 3 rings (SSSR count). The van der Waals surface area contributed by atoms with Crippen molar-refractivity contribution in [1.82, 2.24) is 15.0 Å². The fourth-order valence-corrected chi connectivity index (χ4v) is 2.72. The minimum Gasteiger partial charge on any atom is -0.493 e. The molecule has 0 spiro atoms. The summed E-state index contributed by atoms with van der Waals surface area (Å²) in [5.41, 5.74) is 8.87. The third-order valence-corrected chi connectivity index (χ3v) is 4.20. The van der Waals surface area contributed by atoms with Crippen LogP contribution >= 0.6 is 0 Å². The Bertz CT molecular complexity index is 948. The van der Waals surface area contributed by atoms with Crippen LogP contribution in [0.5, 0.6) is 11.5 Å². The summed E-state index contributed by atoms with van der Waals surface area (Å²) in [4.78, 5) is 12.7. The van der Waals surface area contributed by atoms with Gasteiger partial charge in [0.15, 0.2) is 23.1 Å². The molecule has 2 heterocycles. The summed E-state index contributed by atoms with van der Waals surface area (Å²) in [6.45, 7) is 2.65. The van der Waals surface area contributed by atoms with Crippen LogP contribution in [-0.4, -0.2) is 35.7 Å². The maximum Gasteiger partial charge on any atom is 0.160 e. The predicted molar refractivity (Wildman–Crippen MR) is 110 cm³/mol. The van der Waals surface area contributed by atoms with Crippen LogP contribution in [0.1, 0.15) is 11.1 Å². The molecule has 2 aromatic heterocycles. The first-order valence-corrected chi connectivity index (χ1v) is 8.85. The van der Waals surface area contributed by atoms with Crippen molar-refractivity contribution in [2.75, 3.05) is 37.1 Å². The van der Waals surface area contributed by atoms with Crippen LogP contribution in [0.3, 0.4) is 0 Å². The number of aromatic nitrogens is 3. The van der Waals surface area contributed by atoms with Crippen molar-refractivity contribution in [3.05, 3.63) is 54.0 Å². The molecule has 0 saturated carbocycles. The first-order valence-electron chi connectivity index (χ1n) is 8.85. The van der Waals surface area contributed by atoms with Crippen LogP contribution in [0.4, 0.5) is 23.1 Å². The van der Waals surface area contributed by atoms with Gasteiger partial charge < -0.3 is 25.8 Å². The lowest BCUT2D eigenvalue weighted by Gasteiger charge is -2.13. The van der Waals surface area contributed by atoms with Gasteiger partial charge >= 0.3 is 0 Å². The zero-order chi connectivity index (χ0) is 19.9. The van der Waals surface area contributed by atoms with E-state index in [1.54, 1.807) is 20.4 Å². The Labute approximate surface area is 164 Å². The summed E-state index contributed by atoms with van der Waals surface area (Å²) >= 11 is 0. The molecule has 0 saturated heterocycles. The molecule has 0 amide bonds. The number of anilines is 4. The van der Waals surface area contributed by atoms with Crippen molar-refractivity contribution >= 4 is 23.1 Å². The number of nitrogens with one attached hydrogen (secondary N) is 2. The Kier molecular flexibility index (Phi) is 6.11. The Hall–Kier alpha value is -3.55. The van der Waals surface area contributed by atoms with E-state index in [9.17, 15) is 0 Å². The van der Waals surface area contributed by atoms with Gasteiger partial charge in [0.05, 0.1) is 14.2 Å². The van der Waals surface area contributed by atoms with Gasteiger partial charge in [0.2, 0.25) is 0 Å². The molecule has 28 heavy (non-hydrogen) atoms. The number of hydrogen-bond acceptors (Lipinski definition) is 8. The molecule has 0 aliphatic carbocycles. The molecule has 0 aliphatic heterocycles. The lowest BCUT2D eigenvalue weighted by molar-refractivity contribution is 0.354. The van der Waals surface area contributed by atoms with Crippen molar-refractivity contribution in [2.45, 2.75) is 13.3 Å². The first-order chi connectivity index (χ1) is 13.6. The highest BCUT2D eigenvalue weighted by Gasteiger charge is 2.09. The number of benzene rings is 1. The van der Waals surface area contributed by atoms with E-state index in [2.05, 4.69) is 25.6 Å². The number of methoxy groups -OCH3 is 2. The zero-order valence-corrected chi connectivity index (χ0v) is 16.2. The lowest BCUT2D eigenvalue weighted by Crippen LogP contribution is -2.11. The van der Waals surface area contributed by atoms with E-state index in [1.807, 2.05) is 37.3 Å². The number of ether oxygens (including phenoxy) is 2. The molecular weight excluding hydrogens is 356 g/mol. The average molecular weight is 380 g/mol. The molecule has 4 N–H and O–H groups in total. The van der Waals surface area contributed by atoms with E-state index in [0.29, 0.717) is 41.2 Å². The van der Waals surface area contributed by atoms with Crippen molar-refractivity contribution in [2.24, 2.45) is 0 Å². The average Bonchev–Trinajstić information content (AvgIpc) is 2.70. The smallest absolute Gasteiger partial charge is 0.160 e. The molecule has 8 nitrogen and oxygen atoms in total. The number of hydrogen-bond donors (Lipinski definition) is 3. The summed E-state index contributed by atoms with van der Waals surface area (Å²) in [5.74, 6) is 3.19. The maximum absolute atomic E-state index is 6.22. The Morgan fingerprint density at radius 3 is 2.50 bits per heavy atom. The van der Waals surface area contributed by atoms with E-state index in [4.69, 9.17) is 15.2 Å². The Balaban J connectivity index is 1.65. The van der Waals surface area contributed by atoms with Gasteiger partial charge in [0.1, 0.15) is 17.8 Å². The number of nitrogen functional groups attached to an aromatic ring is 1. The highest BCUT2D eigenvalue weighted by molar-refractivity contribution is 5.76. The van der Waals surface area contributed by atoms with E-state index in [1.165, 1.54) is 6.33 Å². The molecule has 0 bridgehead atoms. The highest BCUT2D eigenvalue weighted by atomic mass is 16.5. The standard InChI is InChI=1S/C20H24N6O2/c1-13-6-8-22-17(10-13)26-20-18(21)19(24-12-25-20)23-9-7-14-4-5-15(27-2)16(11-14)28-3/h4-6,8,10-12H,7,9,21H2,1-3H3,(H2,22,23,24,25,26). The topological polar surface area (TPSA) is 107 Å². The van der Waals surface area contributed by atoms with Crippen LogP contribution in [0.2, 0.25) is 0 Å². The summed E-state index contributed by atoms with van der Waals surface area (Å²) in [7, 11) is 3.24. The second-order valence-corrected chi connectivity index (χ2v) is 6.19. The highest BCUT2D eigenvalue weighted by Crippen LogP contribution is 2.28. The second kappa shape index (κ2) is 8.90. The first kappa shape index (κ1) is 19.2. The molecule has 0 atom stereocenters. The minimum atomic E-state index is 0.443. The molecule has 3 aromatic rings. The van der Waals surface area contributed by atoms with Gasteiger partial charge in [0, 0.05) is 12.7 Å². The third-order valence-electron chi connectivity index (χ3n) is 4.20. The summed E-state index contributed by atoms with van der Waals surface area (Å²) in [6, 6.07) is 9.70. The molecule has 0 aliphatic rings. The molecule has 0 unspecified atom stereocenters. The van der Waals surface area contributed by atoms with E-state index in [0.717, 1.165) is 17.5 Å². The number of rotatable bonds is 8. The molecule has 1 aromatic carbocycles. The van der Waals surface area contributed by atoms with E-state index in [-0.39, 0.29) is 0 Å². The van der Waals surface area contributed by atoms with Gasteiger partial charge in [-0.3, -0.25) is 0 Å². The van der Waals surface area contributed by atoms with E-state index >= 15 is 0 Å². The van der Waals surface area contributed by atoms with Crippen molar-refractivity contribution in [3.63, 3.8) is 0 Å². The van der Waals surface area contributed by atoms with Crippen LogP contribution in [0.25, 0.3) is 0 Å². The molecule has 0 fully saturated rings. The van der Waals surface area contributed by atoms with Gasteiger partial charge in [-0.15, -0.1) is 0 Å².